The van der Waals surface area contributed by atoms with Crippen molar-refractivity contribution in [1.82, 2.24) is 21.1 Å². The first-order valence-corrected chi connectivity index (χ1v) is 10.9. The largest absolute Gasteiger partial charge is 0.416 e. The van der Waals surface area contributed by atoms with Crippen LogP contribution in [0.15, 0.2) is 54.5 Å². The summed E-state index contributed by atoms with van der Waals surface area (Å²) in [7, 11) is 0. The van der Waals surface area contributed by atoms with E-state index >= 15 is 0 Å². The molecule has 2 aliphatic rings. The summed E-state index contributed by atoms with van der Waals surface area (Å²) in [5.41, 5.74) is 2.15. The number of hydrogen-bond acceptors (Lipinski definition) is 5. The summed E-state index contributed by atoms with van der Waals surface area (Å²) >= 11 is 0. The van der Waals surface area contributed by atoms with Gasteiger partial charge in [-0.3, -0.25) is 16.2 Å². The minimum atomic E-state index is -5.01. The van der Waals surface area contributed by atoms with Crippen LogP contribution < -0.4 is 16.2 Å². The standard InChI is InChI=1S/C23H21F7N4O3/c1-12(14-8-15(22(25,26)27)10-16(9-14)23(28,29)30)37-20-19(13-2-4-17(24)5-3-13)34(6-7-36-20)11-18-31-21(35)33-32-18/h2-5,8-12,19-20,32H,6-7H2,1H3,(H2,31,33,35). The Hall–Kier alpha value is -3.52. The minimum absolute atomic E-state index is 0.0412. The number of nitrogens with zero attached hydrogens (tertiary/aromatic N) is 1. The van der Waals surface area contributed by atoms with Crippen LogP contribution in [0.1, 0.15) is 41.3 Å². The normalized spacial score (nSPS) is 22.4. The van der Waals surface area contributed by atoms with Crippen molar-refractivity contribution in [2.24, 2.45) is 0 Å². The second-order valence-corrected chi connectivity index (χ2v) is 8.34. The topological polar surface area (TPSA) is 74.9 Å². The van der Waals surface area contributed by atoms with Crippen LogP contribution in [0.25, 0.3) is 0 Å². The van der Waals surface area contributed by atoms with Crippen LogP contribution in [0.2, 0.25) is 0 Å². The van der Waals surface area contributed by atoms with Gasteiger partial charge in [-0.25, -0.2) is 9.18 Å². The van der Waals surface area contributed by atoms with Crippen LogP contribution >= 0.6 is 0 Å². The van der Waals surface area contributed by atoms with Gasteiger partial charge in [0.1, 0.15) is 17.7 Å². The first kappa shape index (κ1) is 26.5. The molecular formula is C23H21F7N4O3. The van der Waals surface area contributed by atoms with Crippen LogP contribution in [-0.2, 0) is 21.8 Å². The second kappa shape index (κ2) is 10.1. The summed E-state index contributed by atoms with van der Waals surface area (Å²) in [4.78, 5) is 13.1. The Morgan fingerprint density at radius 1 is 1.03 bits per heavy atom. The number of amides is 2. The van der Waals surface area contributed by atoms with Gasteiger partial charge in [0.15, 0.2) is 6.29 Å². The molecule has 0 bridgehead atoms. The molecule has 7 nitrogen and oxygen atoms in total. The van der Waals surface area contributed by atoms with Crippen molar-refractivity contribution >= 4 is 6.03 Å². The van der Waals surface area contributed by atoms with Crippen molar-refractivity contribution in [2.45, 2.75) is 37.7 Å². The number of hydrogen-bond donors (Lipinski definition) is 3. The summed E-state index contributed by atoms with van der Waals surface area (Å²) < 4.78 is 105. The van der Waals surface area contributed by atoms with Crippen LogP contribution in [0.5, 0.6) is 0 Å². The number of alkyl halides is 6. The van der Waals surface area contributed by atoms with Crippen LogP contribution in [0.4, 0.5) is 35.5 Å². The van der Waals surface area contributed by atoms with E-state index in [1.807, 2.05) is 0 Å². The van der Waals surface area contributed by atoms with Crippen LogP contribution in [-0.4, -0.2) is 30.4 Å². The zero-order valence-electron chi connectivity index (χ0n) is 19.1. The Kier molecular flexibility index (Phi) is 7.24. The van der Waals surface area contributed by atoms with Gasteiger partial charge in [0.25, 0.3) is 0 Å². The molecule has 37 heavy (non-hydrogen) atoms. The molecule has 4 rings (SSSR count). The van der Waals surface area contributed by atoms with Gasteiger partial charge in [0, 0.05) is 12.7 Å². The Labute approximate surface area is 206 Å². The molecule has 0 radical (unpaired) electrons. The van der Waals surface area contributed by atoms with Crippen molar-refractivity contribution in [1.29, 1.82) is 0 Å². The monoisotopic (exact) mass is 534 g/mol. The van der Waals surface area contributed by atoms with Crippen molar-refractivity contribution in [3.63, 3.8) is 0 Å². The fourth-order valence-corrected chi connectivity index (χ4v) is 3.96. The quantitative estimate of drug-likeness (QED) is 0.474. The van der Waals surface area contributed by atoms with Gasteiger partial charge in [-0.2, -0.15) is 26.3 Å². The number of nitrogens with one attached hydrogen (secondary N) is 3. The van der Waals surface area contributed by atoms with E-state index in [0.29, 0.717) is 17.7 Å². The Morgan fingerprint density at radius 3 is 2.19 bits per heavy atom. The van der Waals surface area contributed by atoms with Crippen LogP contribution in [0, 0.1) is 5.82 Å². The van der Waals surface area contributed by atoms with Gasteiger partial charge in [-0.05, 0) is 48.4 Å². The van der Waals surface area contributed by atoms with Gasteiger partial charge < -0.3 is 14.4 Å². The number of halogens is 7. The summed E-state index contributed by atoms with van der Waals surface area (Å²) in [6.07, 6.45) is -10.9. The number of carbonyl (C=O) groups excluding carboxylic acids is 1. The third-order valence-corrected chi connectivity index (χ3v) is 5.73. The van der Waals surface area contributed by atoms with E-state index in [1.165, 1.54) is 37.4 Å². The molecular weight excluding hydrogens is 513 g/mol. The van der Waals surface area contributed by atoms with E-state index in [9.17, 15) is 35.5 Å². The highest BCUT2D eigenvalue weighted by molar-refractivity contribution is 5.77. The molecule has 2 aromatic carbocycles. The van der Waals surface area contributed by atoms with E-state index in [4.69, 9.17) is 9.47 Å². The molecule has 0 aromatic heterocycles. The van der Waals surface area contributed by atoms with Crippen LogP contribution in [0.3, 0.4) is 0 Å². The Morgan fingerprint density at radius 2 is 1.65 bits per heavy atom. The molecule has 2 aromatic rings. The number of rotatable bonds is 5. The molecule has 200 valence electrons. The first-order chi connectivity index (χ1) is 17.3. The van der Waals surface area contributed by atoms with E-state index in [-0.39, 0.29) is 30.6 Å². The van der Waals surface area contributed by atoms with E-state index < -0.39 is 53.8 Å². The van der Waals surface area contributed by atoms with Crippen molar-refractivity contribution in [3.8, 4) is 0 Å². The lowest BCUT2D eigenvalue weighted by molar-refractivity contribution is -0.222. The molecule has 2 saturated heterocycles. The molecule has 2 amide bonds. The van der Waals surface area contributed by atoms with Gasteiger partial charge in [-0.15, -0.1) is 0 Å². The predicted octanol–water partition coefficient (Wildman–Crippen LogP) is 4.96. The number of ether oxygens (including phenoxy) is 2. The molecule has 2 heterocycles. The SMILES string of the molecule is CC(OC1OCCN(C=C2NNC(=O)N2)C1c1ccc(F)cc1)c1cc(C(F)(F)F)cc(C(F)(F)F)c1. The average molecular weight is 534 g/mol. The predicted molar refractivity (Wildman–Crippen MR) is 114 cm³/mol. The smallest absolute Gasteiger partial charge is 0.360 e. The van der Waals surface area contributed by atoms with Gasteiger partial charge in [-0.1, -0.05) is 12.1 Å². The molecule has 0 aliphatic carbocycles. The lowest BCUT2D eigenvalue weighted by atomic mass is 10.0. The van der Waals surface area contributed by atoms with E-state index in [0.717, 1.165) is 0 Å². The number of benzene rings is 2. The molecule has 2 aliphatic heterocycles. The van der Waals surface area contributed by atoms with Crippen molar-refractivity contribution < 1.29 is 45.0 Å². The lowest BCUT2D eigenvalue weighted by Crippen LogP contribution is -2.45. The number of carbonyl (C=O) groups is 1. The average Bonchev–Trinajstić information content (AvgIpc) is 3.23. The molecule has 3 atom stereocenters. The molecule has 3 unspecified atom stereocenters. The Bertz CT molecular complexity index is 1140. The fourth-order valence-electron chi connectivity index (χ4n) is 3.96. The van der Waals surface area contributed by atoms with Gasteiger partial charge >= 0.3 is 18.4 Å². The summed E-state index contributed by atoms with van der Waals surface area (Å²) in [6, 6.07) is 5.21. The third-order valence-electron chi connectivity index (χ3n) is 5.73. The van der Waals surface area contributed by atoms with Gasteiger partial charge in [0.2, 0.25) is 0 Å². The molecule has 3 N–H and O–H groups in total. The molecule has 14 heteroatoms. The highest BCUT2D eigenvalue weighted by Gasteiger charge is 2.39. The molecule has 0 saturated carbocycles. The maximum Gasteiger partial charge on any atom is 0.416 e. The molecule has 2 fully saturated rings. The fraction of sp³-hybridized carbons (Fsp3) is 0.348. The maximum atomic E-state index is 13.6. The van der Waals surface area contributed by atoms with Crippen molar-refractivity contribution in [2.75, 3.05) is 13.2 Å². The zero-order valence-corrected chi connectivity index (χ0v) is 19.1. The van der Waals surface area contributed by atoms with Gasteiger partial charge in [0.05, 0.1) is 23.8 Å². The minimum Gasteiger partial charge on any atom is -0.360 e. The lowest BCUT2D eigenvalue weighted by Gasteiger charge is -2.41. The third kappa shape index (κ3) is 6.25. The van der Waals surface area contributed by atoms with E-state index in [2.05, 4.69) is 16.2 Å². The Balaban J connectivity index is 1.67. The number of morpholine rings is 1. The zero-order chi connectivity index (χ0) is 27.0. The first-order valence-electron chi connectivity index (χ1n) is 10.9. The van der Waals surface area contributed by atoms with E-state index in [1.54, 1.807) is 4.90 Å². The second-order valence-electron chi connectivity index (χ2n) is 8.34. The number of hydrazine groups is 1. The van der Waals surface area contributed by atoms with Crippen molar-refractivity contribution in [3.05, 3.63) is 82.6 Å². The highest BCUT2D eigenvalue weighted by atomic mass is 19.4. The molecule has 0 spiro atoms. The summed E-state index contributed by atoms with van der Waals surface area (Å²) in [6.45, 7) is 1.66. The summed E-state index contributed by atoms with van der Waals surface area (Å²) in [5, 5.41) is 2.51. The maximum absolute atomic E-state index is 13.6. The number of urea groups is 1. The highest BCUT2D eigenvalue weighted by Crippen LogP contribution is 2.39. The summed E-state index contributed by atoms with van der Waals surface area (Å²) in [5.74, 6) is -0.243.